The maximum absolute atomic E-state index is 10.5. The van der Waals surface area contributed by atoms with E-state index in [0.29, 0.717) is 17.5 Å². The van der Waals surface area contributed by atoms with Crippen molar-refractivity contribution in [1.82, 2.24) is 29.5 Å². The van der Waals surface area contributed by atoms with Gasteiger partial charge in [0.05, 0.1) is 18.1 Å². The number of aliphatic hydroxyl groups is 1. The Morgan fingerprint density at radius 1 is 1.30 bits per heavy atom. The van der Waals surface area contributed by atoms with Gasteiger partial charge in [-0.3, -0.25) is 0 Å². The molecule has 1 saturated carbocycles. The minimum atomic E-state index is -0.528. The molecule has 156 valence electrons. The second kappa shape index (κ2) is 7.24. The Kier molecular flexibility index (Phi) is 4.54. The van der Waals surface area contributed by atoms with Crippen molar-refractivity contribution in [2.75, 3.05) is 12.4 Å². The normalized spacial score (nSPS) is 21.9. The van der Waals surface area contributed by atoms with Gasteiger partial charge in [0.2, 0.25) is 11.8 Å². The first-order chi connectivity index (χ1) is 14.6. The Labute approximate surface area is 173 Å². The van der Waals surface area contributed by atoms with Crippen molar-refractivity contribution in [3.63, 3.8) is 0 Å². The number of pyridine rings is 1. The second-order valence-corrected chi connectivity index (χ2v) is 7.96. The molecule has 0 bridgehead atoms. The van der Waals surface area contributed by atoms with E-state index in [9.17, 15) is 5.11 Å². The molecule has 0 aliphatic heterocycles. The topological polar surface area (TPSA) is 113 Å². The van der Waals surface area contributed by atoms with Crippen LogP contribution in [0.15, 0.2) is 30.9 Å². The number of fused-ring (bicyclic) bond motifs is 2. The van der Waals surface area contributed by atoms with Crippen molar-refractivity contribution in [2.24, 2.45) is 0 Å². The highest BCUT2D eigenvalue weighted by Crippen LogP contribution is 2.35. The number of H-pyrrole nitrogens is 1. The summed E-state index contributed by atoms with van der Waals surface area (Å²) in [6.45, 7) is 2.04. The van der Waals surface area contributed by atoms with E-state index in [1.807, 2.05) is 31.5 Å². The molecule has 4 heterocycles. The fraction of sp³-hybridized carbons (Fsp3) is 0.429. The van der Waals surface area contributed by atoms with Crippen LogP contribution in [0.2, 0.25) is 0 Å². The number of ether oxygens (including phenoxy) is 1. The molecular formula is C21H25N7O2. The summed E-state index contributed by atoms with van der Waals surface area (Å²) >= 11 is 0. The van der Waals surface area contributed by atoms with Gasteiger partial charge >= 0.3 is 0 Å². The summed E-state index contributed by atoms with van der Waals surface area (Å²) in [5.74, 6) is 1.05. The van der Waals surface area contributed by atoms with Gasteiger partial charge in [0.15, 0.2) is 5.65 Å². The van der Waals surface area contributed by atoms with Crippen molar-refractivity contribution in [3.8, 4) is 17.0 Å². The van der Waals surface area contributed by atoms with E-state index >= 15 is 0 Å². The summed E-state index contributed by atoms with van der Waals surface area (Å²) < 4.78 is 7.35. The van der Waals surface area contributed by atoms with E-state index in [-0.39, 0.29) is 6.04 Å². The third-order valence-electron chi connectivity index (χ3n) is 6.18. The molecular weight excluding hydrogens is 382 g/mol. The average molecular weight is 407 g/mol. The number of aromatic nitrogens is 6. The van der Waals surface area contributed by atoms with E-state index in [0.717, 1.165) is 54.3 Å². The molecule has 1 fully saturated rings. The maximum Gasteiger partial charge on any atom is 0.228 e. The minimum absolute atomic E-state index is 0.239. The van der Waals surface area contributed by atoms with Crippen molar-refractivity contribution in [3.05, 3.63) is 30.9 Å². The van der Waals surface area contributed by atoms with E-state index in [1.165, 1.54) is 6.33 Å². The number of anilines is 1. The van der Waals surface area contributed by atoms with Gasteiger partial charge in [-0.1, -0.05) is 6.92 Å². The molecule has 3 N–H and O–H groups in total. The Balaban J connectivity index is 1.46. The van der Waals surface area contributed by atoms with Gasteiger partial charge in [0, 0.05) is 29.6 Å². The Morgan fingerprint density at radius 2 is 2.13 bits per heavy atom. The van der Waals surface area contributed by atoms with Crippen LogP contribution in [0.4, 0.5) is 5.95 Å². The van der Waals surface area contributed by atoms with Crippen LogP contribution in [0.25, 0.3) is 27.8 Å². The molecule has 1 aliphatic carbocycles. The first-order valence-corrected chi connectivity index (χ1v) is 10.3. The van der Waals surface area contributed by atoms with Crippen LogP contribution in [0.3, 0.4) is 0 Å². The second-order valence-electron chi connectivity index (χ2n) is 7.96. The van der Waals surface area contributed by atoms with Gasteiger partial charge in [0.1, 0.15) is 12.0 Å². The fourth-order valence-corrected chi connectivity index (χ4v) is 4.25. The van der Waals surface area contributed by atoms with Gasteiger partial charge in [-0.25, -0.2) is 9.50 Å². The highest BCUT2D eigenvalue weighted by Gasteiger charge is 2.31. The molecule has 30 heavy (non-hydrogen) atoms. The number of aromatic amines is 1. The molecule has 4 aromatic heterocycles. The van der Waals surface area contributed by atoms with Crippen molar-refractivity contribution < 1.29 is 9.84 Å². The van der Waals surface area contributed by atoms with Gasteiger partial charge in [-0.2, -0.15) is 15.1 Å². The number of nitrogens with zero attached hydrogens (tertiary/aromatic N) is 5. The summed E-state index contributed by atoms with van der Waals surface area (Å²) in [5.41, 5.74) is 2.87. The zero-order chi connectivity index (χ0) is 20.7. The summed E-state index contributed by atoms with van der Waals surface area (Å²) in [7, 11) is 1.62. The molecule has 1 aliphatic rings. The average Bonchev–Trinajstić information content (AvgIpc) is 3.41. The summed E-state index contributed by atoms with van der Waals surface area (Å²) in [6.07, 6.45) is 9.52. The molecule has 0 unspecified atom stereocenters. The molecule has 0 radical (unpaired) electrons. The Morgan fingerprint density at radius 3 is 2.90 bits per heavy atom. The molecule has 4 aromatic rings. The van der Waals surface area contributed by atoms with Gasteiger partial charge in [-0.15, -0.1) is 0 Å². The van der Waals surface area contributed by atoms with Crippen molar-refractivity contribution >= 4 is 22.6 Å². The van der Waals surface area contributed by atoms with Crippen molar-refractivity contribution in [1.29, 1.82) is 0 Å². The first-order valence-electron chi connectivity index (χ1n) is 10.3. The molecule has 9 nitrogen and oxygen atoms in total. The molecule has 0 atom stereocenters. The summed E-state index contributed by atoms with van der Waals surface area (Å²) in [6, 6.07) is 4.16. The summed E-state index contributed by atoms with van der Waals surface area (Å²) in [5, 5.41) is 18.9. The smallest absolute Gasteiger partial charge is 0.228 e. The zero-order valence-electron chi connectivity index (χ0n) is 17.1. The standard InChI is InChI=1S/C21H25N7O2/c1-3-21(29)8-6-14(7-9-21)25-20-26-18-17(19(27-20)30-2)15(10-22-18)13-4-5-16-23-12-24-28(16)11-13/h4-5,10-12,14,29H,3,6-9H2,1-2H3,(H2,22,25,26,27). The zero-order valence-corrected chi connectivity index (χ0v) is 17.1. The number of nitrogens with one attached hydrogen (secondary N) is 2. The molecule has 0 amide bonds. The van der Waals surface area contributed by atoms with E-state index in [4.69, 9.17) is 4.74 Å². The largest absolute Gasteiger partial charge is 0.480 e. The van der Waals surface area contributed by atoms with E-state index in [1.54, 1.807) is 11.6 Å². The third-order valence-corrected chi connectivity index (χ3v) is 6.18. The van der Waals surface area contributed by atoms with Gasteiger partial charge < -0.3 is 20.1 Å². The van der Waals surface area contributed by atoms with Crippen LogP contribution in [0, 0.1) is 0 Å². The van der Waals surface area contributed by atoms with Gasteiger partial charge in [-0.05, 0) is 44.2 Å². The van der Waals surface area contributed by atoms with Crippen LogP contribution in [0.5, 0.6) is 5.88 Å². The SMILES string of the molecule is CCC1(O)CCC(Nc2nc(OC)c3c(-c4ccc5ncnn5c4)c[nH]c3n2)CC1. The number of methoxy groups -OCH3 is 1. The monoisotopic (exact) mass is 407 g/mol. The molecule has 5 rings (SSSR count). The highest BCUT2D eigenvalue weighted by molar-refractivity contribution is 5.97. The van der Waals surface area contributed by atoms with E-state index < -0.39 is 5.60 Å². The maximum atomic E-state index is 10.5. The fourth-order valence-electron chi connectivity index (χ4n) is 4.25. The third kappa shape index (κ3) is 3.24. The van der Waals surface area contributed by atoms with Gasteiger partial charge in [0.25, 0.3) is 0 Å². The van der Waals surface area contributed by atoms with Crippen LogP contribution in [-0.4, -0.2) is 53.4 Å². The highest BCUT2D eigenvalue weighted by atomic mass is 16.5. The van der Waals surface area contributed by atoms with Crippen molar-refractivity contribution in [2.45, 2.75) is 50.7 Å². The van der Waals surface area contributed by atoms with Crippen LogP contribution in [-0.2, 0) is 0 Å². The number of rotatable bonds is 5. The quantitative estimate of drug-likeness (QED) is 0.466. The lowest BCUT2D eigenvalue weighted by molar-refractivity contribution is -0.00198. The molecule has 0 saturated heterocycles. The lowest BCUT2D eigenvalue weighted by Gasteiger charge is -2.35. The number of hydrogen-bond acceptors (Lipinski definition) is 7. The lowest BCUT2D eigenvalue weighted by Crippen LogP contribution is -2.38. The Hall–Kier alpha value is -3.20. The predicted octanol–water partition coefficient (Wildman–Crippen LogP) is 3.17. The Bertz CT molecular complexity index is 1190. The molecule has 0 aromatic carbocycles. The first kappa shape index (κ1) is 18.8. The summed E-state index contributed by atoms with van der Waals surface area (Å²) in [4.78, 5) is 16.7. The lowest BCUT2D eigenvalue weighted by atomic mass is 9.80. The predicted molar refractivity (Wildman–Crippen MR) is 114 cm³/mol. The molecule has 0 spiro atoms. The number of hydrogen-bond donors (Lipinski definition) is 3. The van der Waals surface area contributed by atoms with E-state index in [2.05, 4.69) is 30.4 Å². The molecule has 9 heteroatoms. The van der Waals surface area contributed by atoms with Crippen LogP contribution in [0.1, 0.15) is 39.0 Å². The van der Waals surface area contributed by atoms with Crippen LogP contribution < -0.4 is 10.1 Å². The minimum Gasteiger partial charge on any atom is -0.480 e. The van der Waals surface area contributed by atoms with Crippen LogP contribution >= 0.6 is 0 Å².